The normalized spacial score (nSPS) is 20.2. The summed E-state index contributed by atoms with van der Waals surface area (Å²) in [6.45, 7) is 1.84. The summed E-state index contributed by atoms with van der Waals surface area (Å²) in [4.78, 5) is 11.7. The van der Waals surface area contributed by atoms with E-state index < -0.39 is 5.24 Å². The van der Waals surface area contributed by atoms with E-state index in [-0.39, 0.29) is 23.5 Å². The molecule has 124 valence electrons. The molecule has 0 radical (unpaired) electrons. The van der Waals surface area contributed by atoms with Crippen molar-refractivity contribution in [3.63, 3.8) is 0 Å². The Balaban J connectivity index is 2.11. The second kappa shape index (κ2) is 6.71. The molecule has 3 nitrogen and oxygen atoms in total. The molecule has 0 saturated carbocycles. The molecule has 0 aliphatic carbocycles. The van der Waals surface area contributed by atoms with Crippen molar-refractivity contribution < 1.29 is 9.18 Å². The SMILES string of the molecule is CC1C(C(=O)Cl)=NN(c2ccc(Cl)cc2Cl)C1c1ccc(F)cc1. The number of hydrazone groups is 1. The Labute approximate surface area is 153 Å². The highest BCUT2D eigenvalue weighted by molar-refractivity contribution is 6.82. The van der Waals surface area contributed by atoms with Crippen LogP contribution < -0.4 is 5.01 Å². The van der Waals surface area contributed by atoms with E-state index >= 15 is 0 Å². The maximum atomic E-state index is 13.3. The summed E-state index contributed by atoms with van der Waals surface area (Å²) < 4.78 is 13.3. The van der Waals surface area contributed by atoms with Crippen molar-refractivity contribution in [1.29, 1.82) is 0 Å². The van der Waals surface area contributed by atoms with Gasteiger partial charge >= 0.3 is 0 Å². The van der Waals surface area contributed by atoms with E-state index in [4.69, 9.17) is 34.8 Å². The van der Waals surface area contributed by atoms with Crippen molar-refractivity contribution >= 4 is 51.4 Å². The Morgan fingerprint density at radius 2 is 1.83 bits per heavy atom. The van der Waals surface area contributed by atoms with Crippen molar-refractivity contribution in [2.24, 2.45) is 11.0 Å². The zero-order chi connectivity index (χ0) is 17.4. The van der Waals surface area contributed by atoms with Gasteiger partial charge < -0.3 is 0 Å². The molecule has 1 heterocycles. The van der Waals surface area contributed by atoms with Crippen molar-refractivity contribution in [2.75, 3.05) is 5.01 Å². The predicted molar refractivity (Wildman–Crippen MR) is 95.5 cm³/mol. The highest BCUT2D eigenvalue weighted by Gasteiger charge is 2.39. The van der Waals surface area contributed by atoms with Gasteiger partial charge in [-0.1, -0.05) is 42.3 Å². The first-order valence-electron chi connectivity index (χ1n) is 7.16. The lowest BCUT2D eigenvalue weighted by Crippen LogP contribution is -2.25. The van der Waals surface area contributed by atoms with Gasteiger partial charge in [-0.3, -0.25) is 9.80 Å². The molecule has 0 bridgehead atoms. The molecule has 2 unspecified atom stereocenters. The molecule has 0 fully saturated rings. The fourth-order valence-corrected chi connectivity index (χ4v) is 3.51. The van der Waals surface area contributed by atoms with Crippen molar-refractivity contribution in [2.45, 2.75) is 13.0 Å². The van der Waals surface area contributed by atoms with Gasteiger partial charge in [0.2, 0.25) is 0 Å². The minimum absolute atomic E-state index is 0.233. The lowest BCUT2D eigenvalue weighted by Gasteiger charge is -2.27. The molecule has 24 heavy (non-hydrogen) atoms. The topological polar surface area (TPSA) is 32.7 Å². The minimum atomic E-state index is -0.623. The summed E-state index contributed by atoms with van der Waals surface area (Å²) in [5.74, 6) is -0.623. The van der Waals surface area contributed by atoms with Gasteiger partial charge in [0.15, 0.2) is 0 Å². The molecule has 0 amide bonds. The van der Waals surface area contributed by atoms with Crippen molar-refractivity contribution in [3.8, 4) is 0 Å². The molecule has 1 aliphatic heterocycles. The van der Waals surface area contributed by atoms with Crippen LogP contribution in [0.2, 0.25) is 10.0 Å². The molecule has 0 aromatic heterocycles. The summed E-state index contributed by atoms with van der Waals surface area (Å²) in [6.07, 6.45) is 0. The molecular formula is C17H12Cl3FN2O. The van der Waals surface area contributed by atoms with Crippen LogP contribution in [0.3, 0.4) is 0 Å². The number of hydrogen-bond donors (Lipinski definition) is 0. The Hall–Kier alpha value is -1.62. The predicted octanol–water partition coefficient (Wildman–Crippen LogP) is 5.45. The van der Waals surface area contributed by atoms with E-state index in [2.05, 4.69) is 5.10 Å². The highest BCUT2D eigenvalue weighted by atomic mass is 35.5. The zero-order valence-corrected chi connectivity index (χ0v) is 14.8. The Morgan fingerprint density at radius 3 is 2.42 bits per heavy atom. The van der Waals surface area contributed by atoms with E-state index in [9.17, 15) is 9.18 Å². The number of anilines is 1. The number of nitrogens with zero attached hydrogens (tertiary/aromatic N) is 2. The average molecular weight is 386 g/mol. The molecule has 1 aliphatic rings. The van der Waals surface area contributed by atoms with Crippen molar-refractivity contribution in [1.82, 2.24) is 0 Å². The van der Waals surface area contributed by atoms with E-state index in [1.54, 1.807) is 35.3 Å². The third kappa shape index (κ3) is 3.14. The maximum absolute atomic E-state index is 13.3. The minimum Gasteiger partial charge on any atom is -0.274 e. The number of rotatable bonds is 3. The molecule has 2 aromatic carbocycles. The van der Waals surface area contributed by atoms with E-state index in [0.717, 1.165) is 5.56 Å². The van der Waals surface area contributed by atoms with Crippen LogP contribution >= 0.6 is 34.8 Å². The number of carbonyl (C=O) groups excluding carboxylic acids is 1. The fraction of sp³-hybridized carbons (Fsp3) is 0.176. The number of halogens is 4. The third-order valence-electron chi connectivity index (χ3n) is 3.95. The molecule has 0 spiro atoms. The first kappa shape index (κ1) is 17.2. The summed E-state index contributed by atoms with van der Waals surface area (Å²) in [5.41, 5.74) is 1.62. The van der Waals surface area contributed by atoms with Crippen LogP contribution in [0.1, 0.15) is 18.5 Å². The van der Waals surface area contributed by atoms with E-state index in [1.807, 2.05) is 6.92 Å². The van der Waals surface area contributed by atoms with Gasteiger partial charge in [0.1, 0.15) is 11.5 Å². The van der Waals surface area contributed by atoms with Gasteiger partial charge in [-0.2, -0.15) is 5.10 Å². The quantitative estimate of drug-likeness (QED) is 0.658. The largest absolute Gasteiger partial charge is 0.274 e. The van der Waals surface area contributed by atoms with Crippen LogP contribution in [0.4, 0.5) is 10.1 Å². The average Bonchev–Trinajstić information content (AvgIpc) is 2.86. The molecule has 0 N–H and O–H groups in total. The molecule has 0 saturated heterocycles. The monoisotopic (exact) mass is 384 g/mol. The smallest absolute Gasteiger partial charge is 0.268 e. The van der Waals surface area contributed by atoms with Gasteiger partial charge in [0, 0.05) is 10.9 Å². The van der Waals surface area contributed by atoms with Crippen LogP contribution in [0.15, 0.2) is 47.6 Å². The Kier molecular flexibility index (Phi) is 4.81. The third-order valence-corrected chi connectivity index (χ3v) is 4.68. The van der Waals surface area contributed by atoms with Crippen LogP contribution in [0.5, 0.6) is 0 Å². The second-order valence-electron chi connectivity index (χ2n) is 5.48. The van der Waals surface area contributed by atoms with Crippen molar-refractivity contribution in [3.05, 3.63) is 63.9 Å². The summed E-state index contributed by atoms with van der Waals surface area (Å²) in [6, 6.07) is 10.7. The van der Waals surface area contributed by atoms with Gasteiger partial charge in [-0.05, 0) is 47.5 Å². The number of benzene rings is 2. The fourth-order valence-electron chi connectivity index (χ4n) is 2.81. The Bertz CT molecular complexity index is 823. The number of carbonyl (C=O) groups is 1. The summed E-state index contributed by atoms with van der Waals surface area (Å²) in [5, 5.41) is 6.25. The van der Waals surface area contributed by atoms with Crippen LogP contribution in [0, 0.1) is 11.7 Å². The molecule has 2 aromatic rings. The standard InChI is InChI=1S/C17H12Cl3FN2O/c1-9-15(17(20)24)22-23(14-7-4-11(18)8-13(14)19)16(9)10-2-5-12(21)6-3-10/h2-9,16H,1H3. The molecule has 3 rings (SSSR count). The first-order chi connectivity index (χ1) is 11.4. The van der Waals surface area contributed by atoms with Gasteiger partial charge in [0.05, 0.1) is 16.8 Å². The maximum Gasteiger partial charge on any atom is 0.268 e. The summed E-state index contributed by atoms with van der Waals surface area (Å²) >= 11 is 17.9. The lowest BCUT2D eigenvalue weighted by molar-refractivity contribution is -0.106. The number of hydrogen-bond acceptors (Lipinski definition) is 3. The highest BCUT2D eigenvalue weighted by Crippen LogP contribution is 2.42. The van der Waals surface area contributed by atoms with E-state index in [1.165, 1.54) is 12.1 Å². The Morgan fingerprint density at radius 1 is 1.17 bits per heavy atom. The van der Waals surface area contributed by atoms with Gasteiger partial charge in [-0.25, -0.2) is 4.39 Å². The van der Waals surface area contributed by atoms with Gasteiger partial charge in [0.25, 0.3) is 5.24 Å². The lowest BCUT2D eigenvalue weighted by atomic mass is 9.91. The summed E-state index contributed by atoms with van der Waals surface area (Å²) in [7, 11) is 0. The first-order valence-corrected chi connectivity index (χ1v) is 8.30. The van der Waals surface area contributed by atoms with Gasteiger partial charge in [-0.15, -0.1) is 0 Å². The van der Waals surface area contributed by atoms with Crippen LogP contribution in [0.25, 0.3) is 0 Å². The second-order valence-corrected chi connectivity index (χ2v) is 6.67. The molecular weight excluding hydrogens is 374 g/mol. The van der Waals surface area contributed by atoms with Crippen LogP contribution in [-0.2, 0) is 4.79 Å². The van der Waals surface area contributed by atoms with Crippen LogP contribution in [-0.4, -0.2) is 11.0 Å². The molecule has 7 heteroatoms. The zero-order valence-electron chi connectivity index (χ0n) is 12.5. The molecule has 2 atom stereocenters. The van der Waals surface area contributed by atoms with E-state index in [0.29, 0.717) is 15.7 Å².